The van der Waals surface area contributed by atoms with Crippen molar-refractivity contribution in [2.24, 2.45) is 0 Å². The van der Waals surface area contributed by atoms with Gasteiger partial charge in [0.05, 0.1) is 11.1 Å². The number of aromatic nitrogens is 1. The Morgan fingerprint density at radius 2 is 2.29 bits per heavy atom. The number of carbonyl (C=O) groups excluding carboxylic acids is 1. The second-order valence-electron chi connectivity index (χ2n) is 5.70. The number of hydrogen-bond acceptors (Lipinski definition) is 5. The highest BCUT2D eigenvalue weighted by Crippen LogP contribution is 2.16. The third-order valence-electron chi connectivity index (χ3n) is 3.67. The Morgan fingerprint density at radius 3 is 2.95 bits per heavy atom. The number of aliphatic hydroxyl groups excluding tert-OH is 1. The van der Waals surface area contributed by atoms with Crippen molar-refractivity contribution in [3.8, 4) is 0 Å². The summed E-state index contributed by atoms with van der Waals surface area (Å²) in [5, 5.41) is 16.6. The van der Waals surface area contributed by atoms with Gasteiger partial charge in [0.1, 0.15) is 0 Å². The number of carbonyl (C=O) groups is 1. The highest BCUT2D eigenvalue weighted by Gasteiger charge is 2.25. The molecule has 0 saturated carbocycles. The summed E-state index contributed by atoms with van der Waals surface area (Å²) in [7, 11) is 0. The van der Waals surface area contributed by atoms with Crippen LogP contribution < -0.4 is 0 Å². The summed E-state index contributed by atoms with van der Waals surface area (Å²) in [5.74, 6) is 0.210. The number of nitrogens with zero attached hydrogens (tertiary/aromatic N) is 3. The minimum Gasteiger partial charge on any atom is -0.393 e. The van der Waals surface area contributed by atoms with Gasteiger partial charge in [-0.05, 0) is 33.1 Å². The second-order valence-corrected chi connectivity index (χ2v) is 6.64. The molecule has 1 aromatic heterocycles. The lowest BCUT2D eigenvalue weighted by Gasteiger charge is -2.38. The topological polar surface area (TPSA) is 56.7 Å². The first-order valence-electron chi connectivity index (χ1n) is 7.70. The number of aliphatic hydroxyl groups is 1. The fraction of sp³-hybridized carbons (Fsp3) is 0.733. The van der Waals surface area contributed by atoms with Crippen LogP contribution in [0.15, 0.2) is 5.38 Å². The average Bonchev–Trinajstić information content (AvgIpc) is 2.84. The molecule has 2 heterocycles. The molecule has 1 fully saturated rings. The van der Waals surface area contributed by atoms with Crippen LogP contribution in [0.25, 0.3) is 0 Å². The number of rotatable bonds is 7. The number of thiazole rings is 1. The zero-order valence-corrected chi connectivity index (χ0v) is 13.7. The first-order chi connectivity index (χ1) is 10.1. The molecule has 1 saturated heterocycles. The summed E-state index contributed by atoms with van der Waals surface area (Å²) < 4.78 is 0. The lowest BCUT2D eigenvalue weighted by molar-refractivity contribution is -0.156. The molecule has 1 N–H and O–H groups in total. The Morgan fingerprint density at radius 1 is 1.48 bits per heavy atom. The standard InChI is InChI=1S/C15H25N3O2S/c1-12-11-21-14(16-12)5-3-9-18-15(20)6-4-8-17(18)10-7-13(2)19/h11,13,19H,3-10H2,1-2H3. The number of aryl methyl sites for hydroxylation is 2. The molecule has 1 unspecified atom stereocenters. The van der Waals surface area contributed by atoms with Crippen molar-refractivity contribution in [3.05, 3.63) is 16.1 Å². The van der Waals surface area contributed by atoms with Crippen LogP contribution in [0.1, 0.15) is 43.3 Å². The predicted octanol–water partition coefficient (Wildman–Crippen LogP) is 1.99. The van der Waals surface area contributed by atoms with Gasteiger partial charge >= 0.3 is 0 Å². The van der Waals surface area contributed by atoms with Crippen molar-refractivity contribution in [1.29, 1.82) is 0 Å². The average molecular weight is 311 g/mol. The van der Waals surface area contributed by atoms with Crippen LogP contribution in [0.3, 0.4) is 0 Å². The van der Waals surface area contributed by atoms with E-state index in [2.05, 4.69) is 15.4 Å². The van der Waals surface area contributed by atoms with E-state index in [4.69, 9.17) is 0 Å². The number of hydrazine groups is 1. The zero-order chi connectivity index (χ0) is 15.2. The maximum Gasteiger partial charge on any atom is 0.236 e. The minimum atomic E-state index is -0.317. The smallest absolute Gasteiger partial charge is 0.236 e. The van der Waals surface area contributed by atoms with E-state index >= 15 is 0 Å². The molecule has 5 nitrogen and oxygen atoms in total. The van der Waals surface area contributed by atoms with Crippen LogP contribution in [0.2, 0.25) is 0 Å². The van der Waals surface area contributed by atoms with Crippen molar-refractivity contribution in [1.82, 2.24) is 15.0 Å². The van der Waals surface area contributed by atoms with Crippen molar-refractivity contribution >= 4 is 17.2 Å². The largest absolute Gasteiger partial charge is 0.393 e. The molecule has 2 rings (SSSR count). The number of amides is 1. The van der Waals surface area contributed by atoms with E-state index in [-0.39, 0.29) is 12.0 Å². The third kappa shape index (κ3) is 5.05. The molecule has 0 aliphatic carbocycles. The molecule has 1 aromatic rings. The van der Waals surface area contributed by atoms with Crippen molar-refractivity contribution in [2.75, 3.05) is 19.6 Å². The van der Waals surface area contributed by atoms with Gasteiger partial charge in [-0.2, -0.15) is 0 Å². The Labute approximate surface area is 130 Å². The first kappa shape index (κ1) is 16.4. The Kier molecular flexibility index (Phi) is 6.14. The van der Waals surface area contributed by atoms with Gasteiger partial charge < -0.3 is 5.11 Å². The molecule has 0 aromatic carbocycles. The van der Waals surface area contributed by atoms with Gasteiger partial charge in [-0.15, -0.1) is 11.3 Å². The molecule has 1 atom stereocenters. The molecule has 0 radical (unpaired) electrons. The van der Waals surface area contributed by atoms with Gasteiger partial charge in [0.25, 0.3) is 0 Å². The highest BCUT2D eigenvalue weighted by atomic mass is 32.1. The summed E-state index contributed by atoms with van der Waals surface area (Å²) in [5.41, 5.74) is 1.07. The normalized spacial score (nSPS) is 18.2. The van der Waals surface area contributed by atoms with Crippen LogP contribution >= 0.6 is 11.3 Å². The minimum absolute atomic E-state index is 0.210. The van der Waals surface area contributed by atoms with Crippen LogP contribution in [-0.4, -0.2) is 51.8 Å². The molecule has 1 aliphatic rings. The molecular formula is C15H25N3O2S. The quantitative estimate of drug-likeness (QED) is 0.837. The summed E-state index contributed by atoms with van der Waals surface area (Å²) in [6, 6.07) is 0. The SMILES string of the molecule is Cc1csc(CCCN2C(=O)CCCN2CCC(C)O)n1. The fourth-order valence-electron chi connectivity index (χ4n) is 2.55. The second kappa shape index (κ2) is 7.87. The van der Waals surface area contributed by atoms with Gasteiger partial charge in [0, 0.05) is 43.5 Å². The fourth-order valence-corrected chi connectivity index (χ4v) is 3.37. The molecular weight excluding hydrogens is 286 g/mol. The molecule has 6 heteroatoms. The van der Waals surface area contributed by atoms with Crippen molar-refractivity contribution < 1.29 is 9.90 Å². The summed E-state index contributed by atoms with van der Waals surface area (Å²) in [6.45, 7) is 6.21. The van der Waals surface area contributed by atoms with Crippen LogP contribution in [0.5, 0.6) is 0 Å². The third-order valence-corrected chi connectivity index (χ3v) is 4.69. The molecule has 1 amide bonds. The first-order valence-corrected chi connectivity index (χ1v) is 8.58. The molecule has 0 bridgehead atoms. The molecule has 118 valence electrons. The van der Waals surface area contributed by atoms with Crippen molar-refractivity contribution in [2.45, 2.75) is 52.1 Å². The summed E-state index contributed by atoms with van der Waals surface area (Å²) in [4.78, 5) is 16.6. The molecule has 21 heavy (non-hydrogen) atoms. The van der Waals surface area contributed by atoms with Crippen LogP contribution in [0, 0.1) is 6.92 Å². The van der Waals surface area contributed by atoms with E-state index < -0.39 is 0 Å². The lowest BCUT2D eigenvalue weighted by atomic mass is 10.2. The predicted molar refractivity (Wildman–Crippen MR) is 84.0 cm³/mol. The van der Waals surface area contributed by atoms with Gasteiger partial charge in [0.15, 0.2) is 0 Å². The van der Waals surface area contributed by atoms with Crippen LogP contribution in [0.4, 0.5) is 0 Å². The van der Waals surface area contributed by atoms with Crippen molar-refractivity contribution in [3.63, 3.8) is 0 Å². The lowest BCUT2D eigenvalue weighted by Crippen LogP contribution is -2.51. The van der Waals surface area contributed by atoms with Gasteiger partial charge in [0.2, 0.25) is 5.91 Å². The monoisotopic (exact) mass is 311 g/mol. The summed E-state index contributed by atoms with van der Waals surface area (Å²) in [6.07, 6.45) is 3.80. The Bertz CT molecular complexity index is 462. The Hall–Kier alpha value is -0.980. The Balaban J connectivity index is 1.83. The molecule has 0 spiro atoms. The van der Waals surface area contributed by atoms with E-state index in [1.54, 1.807) is 18.3 Å². The number of hydrogen-bond donors (Lipinski definition) is 1. The summed E-state index contributed by atoms with van der Waals surface area (Å²) >= 11 is 1.69. The van der Waals surface area contributed by atoms with Gasteiger partial charge in [-0.3, -0.25) is 9.80 Å². The zero-order valence-electron chi connectivity index (χ0n) is 12.9. The maximum atomic E-state index is 12.1. The van der Waals surface area contributed by atoms with Gasteiger partial charge in [-0.25, -0.2) is 9.99 Å². The van der Waals surface area contributed by atoms with E-state index in [0.717, 1.165) is 49.6 Å². The van der Waals surface area contributed by atoms with E-state index in [1.807, 2.05) is 11.9 Å². The van der Waals surface area contributed by atoms with Crippen LogP contribution in [-0.2, 0) is 11.2 Å². The van der Waals surface area contributed by atoms with Gasteiger partial charge in [-0.1, -0.05) is 0 Å². The maximum absolute atomic E-state index is 12.1. The molecule has 1 aliphatic heterocycles. The highest BCUT2D eigenvalue weighted by molar-refractivity contribution is 7.09. The van der Waals surface area contributed by atoms with E-state index in [9.17, 15) is 9.90 Å². The van der Waals surface area contributed by atoms with E-state index in [0.29, 0.717) is 12.8 Å². The van der Waals surface area contributed by atoms with E-state index in [1.165, 1.54) is 0 Å².